The number of hydrogen-bond acceptors (Lipinski definition) is 6. The number of thioether (sulfide) groups is 1. The van der Waals surface area contributed by atoms with Gasteiger partial charge in [-0.05, 0) is 34.7 Å². The highest BCUT2D eigenvalue weighted by molar-refractivity contribution is 7.98. The SMILES string of the molecule is CCNCCn1nnnc1SCc1ccc(C(=O)O)cc1. The number of carbonyl (C=O) groups is 1. The average Bonchev–Trinajstić information content (AvgIpc) is 2.93. The van der Waals surface area contributed by atoms with Crippen LogP contribution in [0.4, 0.5) is 0 Å². The Labute approximate surface area is 126 Å². The maximum Gasteiger partial charge on any atom is 0.335 e. The number of aromatic nitrogens is 4. The lowest BCUT2D eigenvalue weighted by Gasteiger charge is -2.05. The van der Waals surface area contributed by atoms with Gasteiger partial charge in [0.1, 0.15) is 0 Å². The topological polar surface area (TPSA) is 92.9 Å². The summed E-state index contributed by atoms with van der Waals surface area (Å²) < 4.78 is 1.76. The molecular formula is C13H17N5O2S. The first-order valence-corrected chi connectivity index (χ1v) is 7.61. The van der Waals surface area contributed by atoms with Gasteiger partial charge in [0.15, 0.2) is 0 Å². The van der Waals surface area contributed by atoms with E-state index >= 15 is 0 Å². The van der Waals surface area contributed by atoms with Gasteiger partial charge in [0.2, 0.25) is 5.16 Å². The Bertz CT molecular complexity index is 585. The van der Waals surface area contributed by atoms with Crippen molar-refractivity contribution in [3.05, 3.63) is 35.4 Å². The van der Waals surface area contributed by atoms with E-state index in [0.717, 1.165) is 30.4 Å². The predicted octanol–water partition coefficient (Wildman–Crippen LogP) is 1.27. The molecule has 0 unspecified atom stereocenters. The minimum Gasteiger partial charge on any atom is -0.478 e. The summed E-state index contributed by atoms with van der Waals surface area (Å²) in [6.45, 7) is 4.51. The number of aromatic carboxylic acids is 1. The molecule has 0 amide bonds. The summed E-state index contributed by atoms with van der Waals surface area (Å²) in [4.78, 5) is 10.8. The molecule has 7 nitrogen and oxygen atoms in total. The average molecular weight is 307 g/mol. The maximum atomic E-state index is 10.8. The summed E-state index contributed by atoms with van der Waals surface area (Å²) in [5, 5.41) is 24.5. The van der Waals surface area contributed by atoms with Crippen LogP contribution >= 0.6 is 11.8 Å². The highest BCUT2D eigenvalue weighted by atomic mass is 32.2. The molecule has 2 aromatic rings. The normalized spacial score (nSPS) is 10.7. The number of benzene rings is 1. The second-order valence-electron chi connectivity index (χ2n) is 4.33. The molecule has 112 valence electrons. The van der Waals surface area contributed by atoms with Crippen molar-refractivity contribution in [3.8, 4) is 0 Å². The maximum absolute atomic E-state index is 10.8. The van der Waals surface area contributed by atoms with Crippen LogP contribution in [0.2, 0.25) is 0 Å². The molecule has 2 rings (SSSR count). The number of nitrogens with one attached hydrogen (secondary N) is 1. The molecule has 0 saturated carbocycles. The van der Waals surface area contributed by atoms with E-state index in [4.69, 9.17) is 5.11 Å². The lowest BCUT2D eigenvalue weighted by atomic mass is 10.1. The summed E-state index contributed by atoms with van der Waals surface area (Å²) in [6.07, 6.45) is 0. The van der Waals surface area contributed by atoms with Gasteiger partial charge in [-0.1, -0.05) is 30.8 Å². The van der Waals surface area contributed by atoms with Crippen LogP contribution < -0.4 is 5.32 Å². The summed E-state index contributed by atoms with van der Waals surface area (Å²) in [7, 11) is 0. The van der Waals surface area contributed by atoms with Crippen LogP contribution in [0, 0.1) is 0 Å². The van der Waals surface area contributed by atoms with Crippen molar-refractivity contribution >= 4 is 17.7 Å². The number of hydrogen-bond donors (Lipinski definition) is 2. The number of carboxylic acid groups (broad SMARTS) is 1. The Balaban J connectivity index is 1.90. The highest BCUT2D eigenvalue weighted by Gasteiger charge is 2.07. The van der Waals surface area contributed by atoms with E-state index in [1.807, 2.05) is 12.1 Å². The van der Waals surface area contributed by atoms with Crippen molar-refractivity contribution in [2.24, 2.45) is 0 Å². The first-order chi connectivity index (χ1) is 10.2. The van der Waals surface area contributed by atoms with E-state index in [1.165, 1.54) is 11.8 Å². The predicted molar refractivity (Wildman–Crippen MR) is 79.3 cm³/mol. The van der Waals surface area contributed by atoms with Gasteiger partial charge in [0.25, 0.3) is 0 Å². The summed E-state index contributed by atoms with van der Waals surface area (Å²) in [5.41, 5.74) is 1.32. The fourth-order valence-electron chi connectivity index (χ4n) is 1.69. The van der Waals surface area contributed by atoms with Crippen LogP contribution in [0.3, 0.4) is 0 Å². The molecule has 8 heteroatoms. The second-order valence-corrected chi connectivity index (χ2v) is 5.27. The molecule has 0 aliphatic rings. The standard InChI is InChI=1S/C13H17N5O2S/c1-2-14-7-8-18-13(15-16-17-18)21-9-10-3-5-11(6-4-10)12(19)20/h3-6,14H,2,7-9H2,1H3,(H,19,20). The van der Waals surface area contributed by atoms with Crippen molar-refractivity contribution in [2.45, 2.75) is 24.4 Å². The van der Waals surface area contributed by atoms with Gasteiger partial charge in [-0.3, -0.25) is 0 Å². The van der Waals surface area contributed by atoms with Gasteiger partial charge >= 0.3 is 5.97 Å². The molecule has 0 spiro atoms. The molecule has 1 heterocycles. The zero-order valence-electron chi connectivity index (χ0n) is 11.7. The van der Waals surface area contributed by atoms with Gasteiger partial charge in [0.05, 0.1) is 12.1 Å². The second kappa shape index (κ2) is 7.75. The first kappa shape index (κ1) is 15.5. The minimum atomic E-state index is -0.915. The monoisotopic (exact) mass is 307 g/mol. The van der Waals surface area contributed by atoms with Crippen molar-refractivity contribution in [3.63, 3.8) is 0 Å². The van der Waals surface area contributed by atoms with E-state index in [-0.39, 0.29) is 0 Å². The van der Waals surface area contributed by atoms with Crippen LogP contribution in [0.1, 0.15) is 22.8 Å². The molecule has 0 saturated heterocycles. The fourth-order valence-corrected chi connectivity index (χ4v) is 2.55. The fraction of sp³-hybridized carbons (Fsp3) is 0.385. The molecule has 1 aromatic heterocycles. The molecule has 0 aliphatic carbocycles. The van der Waals surface area contributed by atoms with Crippen LogP contribution in [0.5, 0.6) is 0 Å². The molecule has 0 radical (unpaired) electrons. The summed E-state index contributed by atoms with van der Waals surface area (Å²) in [5.74, 6) is -0.219. The molecule has 1 aromatic carbocycles. The van der Waals surface area contributed by atoms with Gasteiger partial charge in [-0.2, -0.15) is 0 Å². The Morgan fingerprint density at radius 1 is 1.38 bits per heavy atom. The van der Waals surface area contributed by atoms with Gasteiger partial charge in [-0.25, -0.2) is 9.48 Å². The van der Waals surface area contributed by atoms with Crippen molar-refractivity contribution in [2.75, 3.05) is 13.1 Å². The van der Waals surface area contributed by atoms with Crippen molar-refractivity contribution in [1.82, 2.24) is 25.5 Å². The molecule has 2 N–H and O–H groups in total. The first-order valence-electron chi connectivity index (χ1n) is 6.62. The van der Waals surface area contributed by atoms with Crippen LogP contribution in [0.25, 0.3) is 0 Å². The third kappa shape index (κ3) is 4.54. The van der Waals surface area contributed by atoms with Crippen molar-refractivity contribution in [1.29, 1.82) is 0 Å². The number of rotatable bonds is 8. The number of likely N-dealkylation sites (N-methyl/N-ethyl adjacent to an activating group) is 1. The summed E-state index contributed by atoms with van der Waals surface area (Å²) in [6, 6.07) is 6.82. The highest BCUT2D eigenvalue weighted by Crippen LogP contribution is 2.20. The Kier molecular flexibility index (Phi) is 5.70. The lowest BCUT2D eigenvalue weighted by Crippen LogP contribution is -2.20. The number of tetrazole rings is 1. The van der Waals surface area contributed by atoms with Crippen molar-refractivity contribution < 1.29 is 9.90 Å². The summed E-state index contributed by atoms with van der Waals surface area (Å²) >= 11 is 1.53. The van der Waals surface area contributed by atoms with Gasteiger partial charge < -0.3 is 10.4 Å². The van der Waals surface area contributed by atoms with E-state index in [2.05, 4.69) is 27.8 Å². The van der Waals surface area contributed by atoms with Crippen LogP contribution in [-0.4, -0.2) is 44.4 Å². The van der Waals surface area contributed by atoms with Crippen LogP contribution in [-0.2, 0) is 12.3 Å². The Hall–Kier alpha value is -1.93. The molecule has 21 heavy (non-hydrogen) atoms. The van der Waals surface area contributed by atoms with E-state index in [1.54, 1.807) is 16.8 Å². The Morgan fingerprint density at radius 2 is 2.14 bits per heavy atom. The molecule has 0 fully saturated rings. The zero-order valence-corrected chi connectivity index (χ0v) is 12.5. The molecule has 0 atom stereocenters. The lowest BCUT2D eigenvalue weighted by molar-refractivity contribution is 0.0697. The Morgan fingerprint density at radius 3 is 2.81 bits per heavy atom. The third-order valence-electron chi connectivity index (χ3n) is 2.82. The van der Waals surface area contributed by atoms with Gasteiger partial charge in [0, 0.05) is 12.3 Å². The van der Waals surface area contributed by atoms with Gasteiger partial charge in [-0.15, -0.1) is 5.10 Å². The van der Waals surface area contributed by atoms with E-state index < -0.39 is 5.97 Å². The number of carboxylic acids is 1. The third-order valence-corrected chi connectivity index (χ3v) is 3.85. The minimum absolute atomic E-state index is 0.291. The molecule has 0 bridgehead atoms. The molecular weight excluding hydrogens is 290 g/mol. The quantitative estimate of drug-likeness (QED) is 0.560. The smallest absolute Gasteiger partial charge is 0.335 e. The number of nitrogens with zero attached hydrogens (tertiary/aromatic N) is 4. The largest absolute Gasteiger partial charge is 0.478 e. The van der Waals surface area contributed by atoms with Crippen LogP contribution in [0.15, 0.2) is 29.4 Å². The zero-order chi connectivity index (χ0) is 15.1. The van der Waals surface area contributed by atoms with E-state index in [0.29, 0.717) is 11.3 Å². The molecule has 0 aliphatic heterocycles. The van der Waals surface area contributed by atoms with E-state index in [9.17, 15) is 4.79 Å².